The molecule has 0 fully saturated rings. The van der Waals surface area contributed by atoms with Gasteiger partial charge in [0.15, 0.2) is 11.5 Å². The molecule has 0 aliphatic carbocycles. The fourth-order valence-corrected chi connectivity index (χ4v) is 2.01. The summed E-state index contributed by atoms with van der Waals surface area (Å²) in [6.07, 6.45) is 2.86. The third-order valence-electron chi connectivity index (χ3n) is 3.19. The zero-order valence-corrected chi connectivity index (χ0v) is 13.7. The second-order valence-electron chi connectivity index (χ2n) is 4.84. The number of carbonyl (C=O) groups is 1. The Balaban J connectivity index is 2.03. The molecule has 132 valence electrons. The highest BCUT2D eigenvalue weighted by atomic mass is 19.3. The summed E-state index contributed by atoms with van der Waals surface area (Å²) in [6, 6.07) is 11.3. The van der Waals surface area contributed by atoms with Gasteiger partial charge < -0.3 is 19.5 Å². The van der Waals surface area contributed by atoms with Crippen molar-refractivity contribution >= 4 is 17.7 Å². The Kier molecular flexibility index (Phi) is 6.33. The lowest BCUT2D eigenvalue weighted by atomic mass is 10.2. The van der Waals surface area contributed by atoms with Crippen molar-refractivity contribution in [1.29, 1.82) is 0 Å². The summed E-state index contributed by atoms with van der Waals surface area (Å²) in [5, 5.41) is 2.69. The molecule has 0 aromatic heterocycles. The lowest BCUT2D eigenvalue weighted by Crippen LogP contribution is -2.07. The maximum absolute atomic E-state index is 12.3. The van der Waals surface area contributed by atoms with Crippen LogP contribution in [0.5, 0.6) is 17.2 Å². The van der Waals surface area contributed by atoms with Gasteiger partial charge in [0.05, 0.1) is 14.2 Å². The van der Waals surface area contributed by atoms with Gasteiger partial charge in [0, 0.05) is 11.8 Å². The van der Waals surface area contributed by atoms with E-state index in [9.17, 15) is 13.6 Å². The molecular formula is C18H17F2NO4. The average Bonchev–Trinajstić information content (AvgIpc) is 2.61. The van der Waals surface area contributed by atoms with Crippen LogP contribution in [0.15, 0.2) is 48.5 Å². The van der Waals surface area contributed by atoms with Crippen LogP contribution in [0.25, 0.3) is 6.08 Å². The predicted octanol–water partition coefficient (Wildman–Crippen LogP) is 3.96. The van der Waals surface area contributed by atoms with E-state index in [1.54, 1.807) is 31.4 Å². The molecule has 0 atom stereocenters. The van der Waals surface area contributed by atoms with Crippen LogP contribution in [0.4, 0.5) is 14.5 Å². The molecule has 0 radical (unpaired) electrons. The van der Waals surface area contributed by atoms with E-state index in [-0.39, 0.29) is 17.4 Å². The molecule has 1 amide bonds. The highest BCUT2D eigenvalue weighted by molar-refractivity contribution is 6.01. The smallest absolute Gasteiger partial charge is 0.387 e. The van der Waals surface area contributed by atoms with E-state index in [0.29, 0.717) is 17.0 Å². The first-order valence-electron chi connectivity index (χ1n) is 7.28. The van der Waals surface area contributed by atoms with E-state index < -0.39 is 6.61 Å². The summed E-state index contributed by atoms with van der Waals surface area (Å²) >= 11 is 0. The van der Waals surface area contributed by atoms with Crippen molar-refractivity contribution in [3.8, 4) is 17.2 Å². The van der Waals surface area contributed by atoms with Crippen LogP contribution in [-0.2, 0) is 4.79 Å². The number of nitrogens with one attached hydrogen (secondary N) is 1. The van der Waals surface area contributed by atoms with Gasteiger partial charge in [-0.3, -0.25) is 4.79 Å². The van der Waals surface area contributed by atoms with Crippen LogP contribution in [0.1, 0.15) is 5.56 Å². The molecular weight excluding hydrogens is 332 g/mol. The minimum absolute atomic E-state index is 0.0719. The molecule has 2 rings (SSSR count). The predicted molar refractivity (Wildman–Crippen MR) is 90.3 cm³/mol. The first kappa shape index (κ1) is 18.3. The fourth-order valence-electron chi connectivity index (χ4n) is 2.01. The average molecular weight is 349 g/mol. The molecule has 0 saturated carbocycles. The van der Waals surface area contributed by atoms with E-state index >= 15 is 0 Å². The first-order chi connectivity index (χ1) is 12.0. The van der Waals surface area contributed by atoms with Gasteiger partial charge in [-0.1, -0.05) is 6.07 Å². The van der Waals surface area contributed by atoms with Crippen LogP contribution in [0.3, 0.4) is 0 Å². The minimum Gasteiger partial charge on any atom is -0.497 e. The molecule has 0 unspecified atom stereocenters. The number of alkyl halides is 2. The monoisotopic (exact) mass is 349 g/mol. The van der Waals surface area contributed by atoms with Crippen molar-refractivity contribution in [2.45, 2.75) is 6.61 Å². The fraction of sp³-hybridized carbons (Fsp3) is 0.167. The number of amides is 1. The third-order valence-corrected chi connectivity index (χ3v) is 3.19. The largest absolute Gasteiger partial charge is 0.497 e. The molecule has 0 bridgehead atoms. The Morgan fingerprint density at radius 3 is 2.36 bits per heavy atom. The number of rotatable bonds is 7. The third kappa shape index (κ3) is 5.49. The maximum atomic E-state index is 12.3. The number of hydrogen-bond donors (Lipinski definition) is 1. The zero-order chi connectivity index (χ0) is 18.2. The second kappa shape index (κ2) is 8.68. The molecule has 2 aromatic carbocycles. The second-order valence-corrected chi connectivity index (χ2v) is 4.84. The normalized spacial score (nSPS) is 10.8. The summed E-state index contributed by atoms with van der Waals surface area (Å²) in [6.45, 7) is -2.94. The van der Waals surface area contributed by atoms with Gasteiger partial charge in [-0.25, -0.2) is 0 Å². The number of anilines is 1. The van der Waals surface area contributed by atoms with Crippen LogP contribution in [0.2, 0.25) is 0 Å². The Morgan fingerprint density at radius 2 is 1.76 bits per heavy atom. The van der Waals surface area contributed by atoms with Gasteiger partial charge in [0.25, 0.3) is 0 Å². The topological polar surface area (TPSA) is 56.8 Å². The highest BCUT2D eigenvalue weighted by Gasteiger charge is 2.10. The van der Waals surface area contributed by atoms with Gasteiger partial charge in [0.2, 0.25) is 5.91 Å². The summed E-state index contributed by atoms with van der Waals surface area (Å²) in [5.74, 6) is 0.430. The standard InChI is InChI=1S/C18H17F2NO4/c1-23-14-7-5-13(6-8-14)21-17(22)10-4-12-3-9-15(25-18(19)20)16(11-12)24-2/h3-11,18H,1-2H3,(H,21,22)/b10-4+. The summed E-state index contributed by atoms with van der Waals surface area (Å²) in [5.41, 5.74) is 1.22. The quantitative estimate of drug-likeness (QED) is 0.769. The van der Waals surface area contributed by atoms with Crippen molar-refractivity contribution in [2.75, 3.05) is 19.5 Å². The van der Waals surface area contributed by atoms with Crippen LogP contribution in [-0.4, -0.2) is 26.7 Å². The molecule has 0 saturated heterocycles. The molecule has 0 aliphatic heterocycles. The van der Waals surface area contributed by atoms with Gasteiger partial charge in [-0.2, -0.15) is 8.78 Å². The Hall–Kier alpha value is -3.09. The summed E-state index contributed by atoms with van der Waals surface area (Å²) < 4.78 is 39.0. The van der Waals surface area contributed by atoms with Gasteiger partial charge >= 0.3 is 6.61 Å². The van der Waals surface area contributed by atoms with Crippen molar-refractivity contribution in [3.63, 3.8) is 0 Å². The lowest BCUT2D eigenvalue weighted by molar-refractivity contribution is -0.111. The van der Waals surface area contributed by atoms with E-state index in [4.69, 9.17) is 9.47 Å². The highest BCUT2D eigenvalue weighted by Crippen LogP contribution is 2.29. The molecule has 1 N–H and O–H groups in total. The minimum atomic E-state index is -2.94. The summed E-state index contributed by atoms with van der Waals surface area (Å²) in [4.78, 5) is 11.9. The van der Waals surface area contributed by atoms with E-state index in [2.05, 4.69) is 10.1 Å². The molecule has 5 nitrogen and oxygen atoms in total. The van der Waals surface area contributed by atoms with Crippen molar-refractivity contribution in [2.24, 2.45) is 0 Å². The molecule has 25 heavy (non-hydrogen) atoms. The number of carbonyl (C=O) groups excluding carboxylic acids is 1. The molecule has 0 heterocycles. The number of methoxy groups -OCH3 is 2. The maximum Gasteiger partial charge on any atom is 0.387 e. The van der Waals surface area contributed by atoms with Gasteiger partial charge in [-0.15, -0.1) is 0 Å². The van der Waals surface area contributed by atoms with Crippen LogP contribution >= 0.6 is 0 Å². The number of benzene rings is 2. The molecule has 2 aromatic rings. The van der Waals surface area contributed by atoms with E-state index in [1.165, 1.54) is 37.5 Å². The number of hydrogen-bond acceptors (Lipinski definition) is 4. The summed E-state index contributed by atoms with van der Waals surface area (Å²) in [7, 11) is 2.90. The zero-order valence-electron chi connectivity index (χ0n) is 13.7. The number of ether oxygens (including phenoxy) is 3. The van der Waals surface area contributed by atoms with Crippen molar-refractivity contribution in [3.05, 3.63) is 54.1 Å². The lowest BCUT2D eigenvalue weighted by Gasteiger charge is -2.10. The Labute approximate surface area is 143 Å². The van der Waals surface area contributed by atoms with Crippen molar-refractivity contribution < 1.29 is 27.8 Å². The van der Waals surface area contributed by atoms with Crippen molar-refractivity contribution in [1.82, 2.24) is 0 Å². The number of halogens is 2. The van der Waals surface area contributed by atoms with Gasteiger partial charge in [0.1, 0.15) is 5.75 Å². The van der Waals surface area contributed by atoms with E-state index in [0.717, 1.165) is 0 Å². The molecule has 7 heteroatoms. The Morgan fingerprint density at radius 1 is 1.04 bits per heavy atom. The van der Waals surface area contributed by atoms with Crippen LogP contribution < -0.4 is 19.5 Å². The first-order valence-corrected chi connectivity index (χ1v) is 7.28. The molecule has 0 aliphatic rings. The molecule has 0 spiro atoms. The Bertz CT molecular complexity index is 745. The van der Waals surface area contributed by atoms with Crippen LogP contribution in [0, 0.1) is 0 Å². The SMILES string of the molecule is COc1ccc(NC(=O)/C=C/c2ccc(OC(F)F)c(OC)c2)cc1. The van der Waals surface area contributed by atoms with E-state index in [1.807, 2.05) is 0 Å². The van der Waals surface area contributed by atoms with Gasteiger partial charge in [-0.05, 0) is 48.0 Å².